The Balaban J connectivity index is 2.35. The molecule has 0 bridgehead atoms. The molecule has 19 heavy (non-hydrogen) atoms. The molecule has 0 amide bonds. The van der Waals surface area contributed by atoms with Crippen molar-refractivity contribution in [1.29, 1.82) is 0 Å². The topological polar surface area (TPSA) is 57.0 Å². The van der Waals surface area contributed by atoms with Crippen LogP contribution in [0, 0.1) is 0 Å². The summed E-state index contributed by atoms with van der Waals surface area (Å²) in [5.41, 5.74) is 1.05. The molecular weight excluding hydrogens is 286 g/mol. The molecule has 2 rings (SSSR count). The summed E-state index contributed by atoms with van der Waals surface area (Å²) in [4.78, 5) is 12.7. The summed E-state index contributed by atoms with van der Waals surface area (Å²) >= 11 is 7.39. The van der Waals surface area contributed by atoms with E-state index in [1.54, 1.807) is 4.68 Å². The highest BCUT2D eigenvalue weighted by Gasteiger charge is 2.22. The van der Waals surface area contributed by atoms with Gasteiger partial charge in [0.05, 0.1) is 23.7 Å². The van der Waals surface area contributed by atoms with E-state index in [4.69, 9.17) is 16.3 Å². The molecule has 0 unspecified atom stereocenters. The third kappa shape index (κ3) is 2.96. The van der Waals surface area contributed by atoms with Crippen molar-refractivity contribution in [2.24, 2.45) is 0 Å². The third-order valence-corrected chi connectivity index (χ3v) is 3.85. The molecule has 0 aliphatic carbocycles. The second-order valence-electron chi connectivity index (χ2n) is 4.33. The van der Waals surface area contributed by atoms with Gasteiger partial charge in [0.1, 0.15) is 0 Å². The first kappa shape index (κ1) is 14.0. The Bertz CT molecular complexity index is 592. The molecule has 0 fully saturated rings. The number of rotatable bonds is 4. The van der Waals surface area contributed by atoms with Crippen LogP contribution < -0.4 is 0 Å². The summed E-state index contributed by atoms with van der Waals surface area (Å²) in [5.74, 6) is -0.335. The average Bonchev–Trinajstić information content (AvgIpc) is 2.95. The van der Waals surface area contributed by atoms with Gasteiger partial charge in [0, 0.05) is 4.88 Å². The van der Waals surface area contributed by atoms with Gasteiger partial charge in [-0.2, -0.15) is 0 Å². The van der Waals surface area contributed by atoms with Gasteiger partial charge in [-0.1, -0.05) is 30.7 Å². The van der Waals surface area contributed by atoms with Crippen LogP contribution in [-0.4, -0.2) is 28.1 Å². The van der Waals surface area contributed by atoms with Crippen molar-refractivity contribution in [2.45, 2.75) is 26.3 Å². The van der Waals surface area contributed by atoms with Gasteiger partial charge in [-0.25, -0.2) is 9.48 Å². The van der Waals surface area contributed by atoms with Gasteiger partial charge < -0.3 is 4.74 Å². The number of esters is 1. The highest BCUT2D eigenvalue weighted by atomic mass is 35.5. The smallest absolute Gasteiger partial charge is 0.360 e. The minimum Gasteiger partial charge on any atom is -0.464 e. The van der Waals surface area contributed by atoms with Crippen LogP contribution >= 0.6 is 22.9 Å². The van der Waals surface area contributed by atoms with Crippen molar-refractivity contribution in [3.05, 3.63) is 32.7 Å². The maximum atomic E-state index is 11.7. The van der Waals surface area contributed by atoms with Crippen LogP contribution in [0.25, 0.3) is 0 Å². The van der Waals surface area contributed by atoms with Crippen LogP contribution in [0.2, 0.25) is 4.34 Å². The Morgan fingerprint density at radius 1 is 1.53 bits per heavy atom. The monoisotopic (exact) mass is 299 g/mol. The minimum atomic E-state index is -0.459. The van der Waals surface area contributed by atoms with E-state index in [-0.39, 0.29) is 11.6 Å². The van der Waals surface area contributed by atoms with Crippen molar-refractivity contribution in [1.82, 2.24) is 15.0 Å². The Hall–Kier alpha value is -1.40. The van der Waals surface area contributed by atoms with Crippen molar-refractivity contribution >= 4 is 28.9 Å². The lowest BCUT2D eigenvalue weighted by Crippen LogP contribution is -2.11. The maximum absolute atomic E-state index is 11.7. The molecule has 5 nitrogen and oxygen atoms in total. The van der Waals surface area contributed by atoms with Crippen LogP contribution in [0.1, 0.15) is 40.8 Å². The van der Waals surface area contributed by atoms with Gasteiger partial charge in [-0.05, 0) is 18.1 Å². The number of ether oxygens (including phenoxy) is 1. The van der Waals surface area contributed by atoms with Gasteiger partial charge in [-0.3, -0.25) is 0 Å². The van der Waals surface area contributed by atoms with Crippen molar-refractivity contribution in [3.63, 3.8) is 0 Å². The van der Waals surface area contributed by atoms with Gasteiger partial charge in [-0.15, -0.1) is 16.4 Å². The number of hydrogen-bond acceptors (Lipinski definition) is 5. The number of thiophene rings is 1. The predicted octanol–water partition coefficient (Wildman–Crippen LogP) is 2.95. The molecule has 2 aromatic heterocycles. The largest absolute Gasteiger partial charge is 0.464 e. The molecule has 0 aliphatic rings. The van der Waals surface area contributed by atoms with Crippen LogP contribution in [0.5, 0.6) is 0 Å². The van der Waals surface area contributed by atoms with Crippen molar-refractivity contribution in [3.8, 4) is 0 Å². The first-order chi connectivity index (χ1) is 9.02. The highest BCUT2D eigenvalue weighted by Crippen LogP contribution is 2.24. The molecule has 2 aromatic rings. The van der Waals surface area contributed by atoms with Crippen LogP contribution in [0.15, 0.2) is 12.1 Å². The van der Waals surface area contributed by atoms with E-state index < -0.39 is 5.97 Å². The van der Waals surface area contributed by atoms with Gasteiger partial charge in [0.25, 0.3) is 0 Å². The fourth-order valence-electron chi connectivity index (χ4n) is 1.84. The Labute approximate surface area is 120 Å². The van der Waals surface area contributed by atoms with Gasteiger partial charge in [0.15, 0.2) is 5.69 Å². The predicted molar refractivity (Wildman–Crippen MR) is 73.9 cm³/mol. The molecule has 0 radical (unpaired) electrons. The van der Waals surface area contributed by atoms with E-state index in [0.717, 1.165) is 14.9 Å². The lowest BCUT2D eigenvalue weighted by Gasteiger charge is -2.09. The standard InChI is InChI=1S/C12H14ClN3O2S/c1-7(2)11-10(12(17)18-3)14-15-16(11)6-8-4-5-9(13)19-8/h4-5,7H,6H2,1-3H3. The summed E-state index contributed by atoms with van der Waals surface area (Å²) in [6.45, 7) is 4.53. The van der Waals surface area contributed by atoms with E-state index >= 15 is 0 Å². The lowest BCUT2D eigenvalue weighted by molar-refractivity contribution is 0.0592. The highest BCUT2D eigenvalue weighted by molar-refractivity contribution is 7.16. The first-order valence-electron chi connectivity index (χ1n) is 5.78. The molecule has 0 atom stereocenters. The molecule has 0 aromatic carbocycles. The van der Waals surface area contributed by atoms with E-state index in [0.29, 0.717) is 6.54 Å². The second-order valence-corrected chi connectivity index (χ2v) is 6.13. The minimum absolute atomic E-state index is 0.125. The zero-order valence-corrected chi connectivity index (χ0v) is 12.5. The number of carbonyl (C=O) groups is 1. The van der Waals surface area contributed by atoms with E-state index in [1.165, 1.54) is 18.4 Å². The molecule has 0 N–H and O–H groups in total. The summed E-state index contributed by atoms with van der Waals surface area (Å²) in [5, 5.41) is 7.96. The SMILES string of the molecule is COC(=O)c1nnn(Cc2ccc(Cl)s2)c1C(C)C. The molecule has 102 valence electrons. The number of methoxy groups -OCH3 is 1. The molecule has 0 spiro atoms. The van der Waals surface area contributed by atoms with Crippen LogP contribution in [0.3, 0.4) is 0 Å². The van der Waals surface area contributed by atoms with Gasteiger partial charge in [0.2, 0.25) is 0 Å². The summed E-state index contributed by atoms with van der Waals surface area (Å²) in [6, 6.07) is 3.78. The number of hydrogen-bond donors (Lipinski definition) is 0. The zero-order valence-electron chi connectivity index (χ0n) is 10.9. The third-order valence-electron chi connectivity index (χ3n) is 2.63. The van der Waals surface area contributed by atoms with Crippen molar-refractivity contribution in [2.75, 3.05) is 7.11 Å². The molecule has 0 aliphatic heterocycles. The van der Waals surface area contributed by atoms with E-state index in [1.807, 2.05) is 26.0 Å². The Kier molecular flexibility index (Phi) is 4.21. The number of aromatic nitrogens is 3. The Morgan fingerprint density at radius 3 is 2.79 bits per heavy atom. The van der Waals surface area contributed by atoms with Crippen LogP contribution in [-0.2, 0) is 11.3 Å². The Morgan fingerprint density at radius 2 is 2.26 bits per heavy atom. The lowest BCUT2D eigenvalue weighted by atomic mass is 10.1. The fourth-order valence-corrected chi connectivity index (χ4v) is 2.90. The van der Waals surface area contributed by atoms with Crippen LogP contribution in [0.4, 0.5) is 0 Å². The summed E-state index contributed by atoms with van der Waals surface area (Å²) in [6.07, 6.45) is 0. The van der Waals surface area contributed by atoms with E-state index in [9.17, 15) is 4.79 Å². The normalized spacial score (nSPS) is 11.0. The number of halogens is 1. The fraction of sp³-hybridized carbons (Fsp3) is 0.417. The van der Waals surface area contributed by atoms with Gasteiger partial charge >= 0.3 is 5.97 Å². The number of nitrogens with zero attached hydrogens (tertiary/aromatic N) is 3. The quantitative estimate of drug-likeness (QED) is 0.815. The molecule has 0 saturated carbocycles. The summed E-state index contributed by atoms with van der Waals surface area (Å²) < 4.78 is 7.17. The molecule has 2 heterocycles. The molecule has 0 saturated heterocycles. The average molecular weight is 300 g/mol. The number of carbonyl (C=O) groups excluding carboxylic acids is 1. The summed E-state index contributed by atoms with van der Waals surface area (Å²) in [7, 11) is 1.34. The molecule has 7 heteroatoms. The first-order valence-corrected chi connectivity index (χ1v) is 6.98. The maximum Gasteiger partial charge on any atom is 0.360 e. The zero-order chi connectivity index (χ0) is 14.0. The van der Waals surface area contributed by atoms with E-state index in [2.05, 4.69) is 10.3 Å². The molecular formula is C12H14ClN3O2S. The van der Waals surface area contributed by atoms with Crippen molar-refractivity contribution < 1.29 is 9.53 Å². The second kappa shape index (κ2) is 5.71.